The number of amides is 1. The van der Waals surface area contributed by atoms with Gasteiger partial charge in [-0.05, 0) is 54.4 Å². The second-order valence-electron chi connectivity index (χ2n) is 11.4. The highest BCUT2D eigenvalue weighted by Gasteiger charge is 2.51. The number of likely N-dealkylation sites (tertiary alicyclic amines) is 1. The number of furan rings is 1. The molecule has 0 spiro atoms. The van der Waals surface area contributed by atoms with Gasteiger partial charge in [-0.15, -0.1) is 21.5 Å². The van der Waals surface area contributed by atoms with Gasteiger partial charge in [0.1, 0.15) is 16.5 Å². The minimum atomic E-state index is 0.0567. The molecule has 1 saturated heterocycles. The Labute approximate surface area is 230 Å². The lowest BCUT2D eigenvalue weighted by Gasteiger charge is -2.39. The standard InChI is InChI=1S/C28H31N5O3S2/c1-27(2)12-18-13-28(3,16-27)17-32(18)25(34)19-14-37-23(29-19)15-38-26-31-30-24(22-10-7-11-36-22)33(26)20-8-5-6-9-21(20)35-4/h5-11,14,18H,12-13,15-17H2,1-4H3. The van der Waals surface area contributed by atoms with Gasteiger partial charge in [0, 0.05) is 18.0 Å². The number of rotatable bonds is 7. The van der Waals surface area contributed by atoms with Crippen LogP contribution in [-0.2, 0) is 5.75 Å². The van der Waals surface area contributed by atoms with Crippen LogP contribution in [0.25, 0.3) is 17.3 Å². The van der Waals surface area contributed by atoms with Crippen LogP contribution in [0.15, 0.2) is 57.6 Å². The first-order valence-corrected chi connectivity index (χ1v) is 14.6. The fourth-order valence-electron chi connectivity index (χ4n) is 6.41. The van der Waals surface area contributed by atoms with Crippen molar-refractivity contribution in [2.45, 2.75) is 57.0 Å². The topological polar surface area (TPSA) is 86.3 Å². The van der Waals surface area contributed by atoms with E-state index in [1.54, 1.807) is 13.4 Å². The predicted molar refractivity (Wildman–Crippen MR) is 148 cm³/mol. The molecule has 3 aromatic heterocycles. The molecular formula is C28H31N5O3S2. The second kappa shape index (κ2) is 9.57. The number of para-hydroxylation sites is 2. The SMILES string of the molecule is COc1ccccc1-n1c(SCc2nc(C(=O)N3CC4(C)CC3CC(C)(C)C4)cs2)nnc1-c1ccco1. The first kappa shape index (κ1) is 25.2. The Bertz CT molecular complexity index is 1460. The van der Waals surface area contributed by atoms with Crippen molar-refractivity contribution in [3.8, 4) is 23.0 Å². The van der Waals surface area contributed by atoms with Gasteiger partial charge in [-0.1, -0.05) is 44.7 Å². The summed E-state index contributed by atoms with van der Waals surface area (Å²) in [6.07, 6.45) is 4.92. The van der Waals surface area contributed by atoms with Crippen LogP contribution in [0.3, 0.4) is 0 Å². The van der Waals surface area contributed by atoms with Crippen molar-refractivity contribution in [2.75, 3.05) is 13.7 Å². The summed E-state index contributed by atoms with van der Waals surface area (Å²) in [7, 11) is 1.65. The quantitative estimate of drug-likeness (QED) is 0.249. The Hall–Kier alpha value is -3.11. The molecular weight excluding hydrogens is 518 g/mol. The summed E-state index contributed by atoms with van der Waals surface area (Å²) < 4.78 is 13.2. The molecule has 198 valence electrons. The molecule has 0 radical (unpaired) electrons. The highest BCUT2D eigenvalue weighted by atomic mass is 32.2. The van der Waals surface area contributed by atoms with E-state index in [1.807, 2.05) is 46.3 Å². The first-order valence-electron chi connectivity index (χ1n) is 12.8. The summed E-state index contributed by atoms with van der Waals surface area (Å²) in [5, 5.41) is 12.3. The van der Waals surface area contributed by atoms with E-state index < -0.39 is 0 Å². The largest absolute Gasteiger partial charge is 0.495 e. The zero-order valence-corrected chi connectivity index (χ0v) is 23.6. The third-order valence-electron chi connectivity index (χ3n) is 7.47. The minimum Gasteiger partial charge on any atom is -0.495 e. The zero-order valence-electron chi connectivity index (χ0n) is 22.0. The van der Waals surface area contributed by atoms with Gasteiger partial charge in [0.05, 0.1) is 24.8 Å². The molecule has 1 aliphatic heterocycles. The molecule has 2 aliphatic rings. The van der Waals surface area contributed by atoms with Crippen LogP contribution in [0.4, 0.5) is 0 Å². The third kappa shape index (κ3) is 4.64. The fraction of sp³-hybridized carbons (Fsp3) is 0.429. The number of carbonyl (C=O) groups excluding carboxylic acids is 1. The highest BCUT2D eigenvalue weighted by Crippen LogP contribution is 2.52. The van der Waals surface area contributed by atoms with E-state index in [0.29, 0.717) is 40.0 Å². The summed E-state index contributed by atoms with van der Waals surface area (Å²) in [4.78, 5) is 20.3. The molecule has 1 amide bonds. The molecule has 4 aromatic rings. The van der Waals surface area contributed by atoms with Gasteiger partial charge >= 0.3 is 0 Å². The Kier molecular flexibility index (Phi) is 6.34. The summed E-state index contributed by atoms with van der Waals surface area (Å²) >= 11 is 3.03. The van der Waals surface area contributed by atoms with Gasteiger partial charge in [-0.3, -0.25) is 9.36 Å². The number of ether oxygens (including phenoxy) is 1. The van der Waals surface area contributed by atoms with Crippen molar-refractivity contribution in [3.63, 3.8) is 0 Å². The molecule has 0 N–H and O–H groups in total. The van der Waals surface area contributed by atoms with Crippen LogP contribution in [0.5, 0.6) is 5.75 Å². The van der Waals surface area contributed by atoms with Gasteiger partial charge in [0.2, 0.25) is 5.82 Å². The van der Waals surface area contributed by atoms with Crippen LogP contribution in [0, 0.1) is 10.8 Å². The minimum absolute atomic E-state index is 0.0567. The molecule has 8 nitrogen and oxygen atoms in total. The van der Waals surface area contributed by atoms with E-state index in [4.69, 9.17) is 14.1 Å². The normalized spacial score (nSPS) is 22.1. The molecule has 2 atom stereocenters. The summed E-state index contributed by atoms with van der Waals surface area (Å²) in [6.45, 7) is 7.79. The number of thiazole rings is 1. The van der Waals surface area contributed by atoms with Gasteiger partial charge in [-0.2, -0.15) is 0 Å². The van der Waals surface area contributed by atoms with Crippen LogP contribution < -0.4 is 4.74 Å². The Morgan fingerprint density at radius 3 is 2.82 bits per heavy atom. The van der Waals surface area contributed by atoms with Gasteiger partial charge in [0.15, 0.2) is 10.9 Å². The Balaban J connectivity index is 1.22. The molecule has 1 aromatic carbocycles. The second-order valence-corrected chi connectivity index (χ2v) is 13.2. The first-order chi connectivity index (χ1) is 18.3. The third-order valence-corrected chi connectivity index (χ3v) is 9.44. The fourth-order valence-corrected chi connectivity index (χ4v) is 8.14. The number of carbonyl (C=O) groups is 1. The van der Waals surface area contributed by atoms with Crippen molar-refractivity contribution >= 4 is 29.0 Å². The maximum atomic E-state index is 13.5. The Morgan fingerprint density at radius 2 is 2.03 bits per heavy atom. The van der Waals surface area contributed by atoms with Gasteiger partial charge in [0.25, 0.3) is 5.91 Å². The number of benzene rings is 1. The molecule has 2 unspecified atom stereocenters. The van der Waals surface area contributed by atoms with Crippen LogP contribution in [0.1, 0.15) is 55.5 Å². The van der Waals surface area contributed by atoms with E-state index in [-0.39, 0.29) is 16.7 Å². The monoisotopic (exact) mass is 549 g/mol. The van der Waals surface area contributed by atoms with Crippen molar-refractivity contribution in [1.29, 1.82) is 0 Å². The molecule has 38 heavy (non-hydrogen) atoms. The molecule has 4 heterocycles. The van der Waals surface area contributed by atoms with Crippen LogP contribution in [0.2, 0.25) is 0 Å². The lowest BCUT2D eigenvalue weighted by atomic mass is 9.65. The molecule has 6 rings (SSSR count). The van der Waals surface area contributed by atoms with E-state index in [2.05, 4.69) is 35.9 Å². The van der Waals surface area contributed by atoms with E-state index in [9.17, 15) is 4.79 Å². The lowest BCUT2D eigenvalue weighted by Crippen LogP contribution is -2.37. The van der Waals surface area contributed by atoms with E-state index in [0.717, 1.165) is 36.5 Å². The lowest BCUT2D eigenvalue weighted by molar-refractivity contribution is 0.0703. The van der Waals surface area contributed by atoms with Crippen molar-refractivity contribution in [3.05, 3.63) is 58.7 Å². The average Bonchev–Trinajstić information content (AvgIpc) is 3.67. The molecule has 2 fully saturated rings. The number of nitrogens with zero attached hydrogens (tertiary/aromatic N) is 5. The van der Waals surface area contributed by atoms with Crippen molar-refractivity contribution in [2.24, 2.45) is 10.8 Å². The van der Waals surface area contributed by atoms with Gasteiger partial charge in [-0.25, -0.2) is 4.98 Å². The maximum Gasteiger partial charge on any atom is 0.273 e. The smallest absolute Gasteiger partial charge is 0.273 e. The Morgan fingerprint density at radius 1 is 1.18 bits per heavy atom. The zero-order chi connectivity index (χ0) is 26.5. The molecule has 1 aliphatic carbocycles. The van der Waals surface area contributed by atoms with Crippen molar-refractivity contribution in [1.82, 2.24) is 24.6 Å². The summed E-state index contributed by atoms with van der Waals surface area (Å²) in [6, 6.07) is 11.7. The summed E-state index contributed by atoms with van der Waals surface area (Å²) in [5.41, 5.74) is 1.83. The molecule has 1 saturated carbocycles. The van der Waals surface area contributed by atoms with Crippen LogP contribution >= 0.6 is 23.1 Å². The number of hydrogen-bond acceptors (Lipinski definition) is 8. The molecule has 2 bridgehead atoms. The van der Waals surface area contributed by atoms with Gasteiger partial charge < -0.3 is 14.1 Å². The van der Waals surface area contributed by atoms with Crippen LogP contribution in [-0.4, -0.2) is 50.3 Å². The number of thioether (sulfide) groups is 1. The number of hydrogen-bond donors (Lipinski definition) is 0. The van der Waals surface area contributed by atoms with E-state index in [1.165, 1.54) is 23.1 Å². The van der Waals surface area contributed by atoms with Crippen molar-refractivity contribution < 1.29 is 13.9 Å². The number of fused-ring (bicyclic) bond motifs is 2. The average molecular weight is 550 g/mol. The number of methoxy groups -OCH3 is 1. The summed E-state index contributed by atoms with van der Waals surface area (Å²) in [5.74, 6) is 2.54. The predicted octanol–water partition coefficient (Wildman–Crippen LogP) is 6.33. The maximum absolute atomic E-state index is 13.5. The highest BCUT2D eigenvalue weighted by molar-refractivity contribution is 7.98. The number of aromatic nitrogens is 4. The van der Waals surface area contributed by atoms with E-state index >= 15 is 0 Å². The molecule has 10 heteroatoms.